The second-order valence-electron chi connectivity index (χ2n) is 4.17. The van der Waals surface area contributed by atoms with Gasteiger partial charge in [-0.1, -0.05) is 18.5 Å². The molecule has 0 aromatic carbocycles. The largest absolute Gasteiger partial charge is 0.481 e. The van der Waals surface area contributed by atoms with Crippen molar-refractivity contribution < 1.29 is 19.2 Å². The van der Waals surface area contributed by atoms with Gasteiger partial charge in [0.1, 0.15) is 5.56 Å². The third-order valence-electron chi connectivity index (χ3n) is 2.63. The van der Waals surface area contributed by atoms with Crippen molar-refractivity contribution in [3.8, 4) is 5.75 Å². The number of aromatic nitrogens is 3. The molecule has 0 aliphatic carbocycles. The second-order valence-corrected chi connectivity index (χ2v) is 4.17. The lowest BCUT2D eigenvalue weighted by Crippen LogP contribution is -2.04. The van der Waals surface area contributed by atoms with Gasteiger partial charge in [-0.15, -0.1) is 0 Å². The summed E-state index contributed by atoms with van der Waals surface area (Å²) in [6.45, 7) is 2.10. The molecule has 0 radical (unpaired) electrons. The summed E-state index contributed by atoms with van der Waals surface area (Å²) in [6.07, 6.45) is 5.54. The Bertz CT molecular complexity index is 583. The van der Waals surface area contributed by atoms with Crippen LogP contribution in [-0.2, 0) is 13.0 Å². The quantitative estimate of drug-likeness (QED) is 0.827. The summed E-state index contributed by atoms with van der Waals surface area (Å²) >= 11 is 0. The van der Waals surface area contributed by atoms with E-state index in [0.717, 1.165) is 19.3 Å². The number of unbranched alkanes of at least 4 members (excludes halogenated alkanes) is 1. The van der Waals surface area contributed by atoms with Crippen LogP contribution in [0.1, 0.15) is 41.8 Å². The van der Waals surface area contributed by atoms with Gasteiger partial charge >= 0.3 is 5.97 Å². The molecule has 0 aliphatic rings. The van der Waals surface area contributed by atoms with Crippen molar-refractivity contribution in [3.63, 3.8) is 0 Å². The van der Waals surface area contributed by atoms with Crippen molar-refractivity contribution >= 4 is 5.97 Å². The second kappa shape index (κ2) is 6.65. The topological polar surface area (TPSA) is 98.3 Å². The fourth-order valence-electron chi connectivity index (χ4n) is 1.60. The number of hydrogen-bond acceptors (Lipinski definition) is 6. The molecule has 0 fully saturated rings. The smallest absolute Gasteiger partial charge is 0.339 e. The summed E-state index contributed by atoms with van der Waals surface area (Å²) in [6, 6.07) is 1.37. The summed E-state index contributed by atoms with van der Waals surface area (Å²) in [5.74, 6) is 0.0521. The van der Waals surface area contributed by atoms with Crippen molar-refractivity contribution in [1.82, 2.24) is 15.1 Å². The van der Waals surface area contributed by atoms with Crippen LogP contribution < -0.4 is 4.74 Å². The summed E-state index contributed by atoms with van der Waals surface area (Å²) < 4.78 is 10.4. The summed E-state index contributed by atoms with van der Waals surface area (Å²) in [5.41, 5.74) is 0.0470. The van der Waals surface area contributed by atoms with Gasteiger partial charge < -0.3 is 14.4 Å². The molecule has 0 atom stereocenters. The molecule has 2 heterocycles. The van der Waals surface area contributed by atoms with Crippen LogP contribution in [0.3, 0.4) is 0 Å². The highest BCUT2D eigenvalue weighted by molar-refractivity contribution is 5.90. The Morgan fingerprint density at radius 1 is 1.50 bits per heavy atom. The zero-order valence-electron chi connectivity index (χ0n) is 11.1. The first kappa shape index (κ1) is 14.0. The molecular weight excluding hydrogens is 262 g/mol. The van der Waals surface area contributed by atoms with Crippen LogP contribution in [0.25, 0.3) is 0 Å². The van der Waals surface area contributed by atoms with E-state index in [0.29, 0.717) is 11.7 Å². The molecule has 0 amide bonds. The molecular formula is C13H15N3O4. The van der Waals surface area contributed by atoms with Crippen molar-refractivity contribution in [2.75, 3.05) is 0 Å². The van der Waals surface area contributed by atoms with Crippen LogP contribution in [0.2, 0.25) is 0 Å². The number of carboxylic acids is 1. The summed E-state index contributed by atoms with van der Waals surface area (Å²) in [4.78, 5) is 19.0. The maximum atomic E-state index is 11.0. The molecule has 0 spiro atoms. The minimum absolute atomic E-state index is 0.0189. The predicted molar refractivity (Wildman–Crippen MR) is 68.4 cm³/mol. The van der Waals surface area contributed by atoms with Gasteiger partial charge in [-0.05, 0) is 12.5 Å². The molecule has 0 bridgehead atoms. The Hall–Kier alpha value is -2.44. The Morgan fingerprint density at radius 2 is 2.35 bits per heavy atom. The number of pyridine rings is 1. The van der Waals surface area contributed by atoms with E-state index < -0.39 is 5.97 Å². The van der Waals surface area contributed by atoms with E-state index in [4.69, 9.17) is 14.4 Å². The minimum atomic E-state index is -1.07. The van der Waals surface area contributed by atoms with E-state index in [1.807, 2.05) is 0 Å². The lowest BCUT2D eigenvalue weighted by atomic mass is 10.2. The molecule has 0 saturated carbocycles. The van der Waals surface area contributed by atoms with Crippen LogP contribution in [0.15, 0.2) is 23.0 Å². The molecule has 20 heavy (non-hydrogen) atoms. The number of aryl methyl sites for hydroxylation is 1. The standard InChI is InChI=1S/C13H15N3O4/c1-2-3-4-11-15-12(20-16-11)8-19-10-7-14-6-5-9(10)13(17)18/h5-7H,2-4,8H2,1H3,(H,17,18). The van der Waals surface area contributed by atoms with E-state index >= 15 is 0 Å². The van der Waals surface area contributed by atoms with Crippen molar-refractivity contribution in [3.05, 3.63) is 35.7 Å². The van der Waals surface area contributed by atoms with Gasteiger partial charge in [-0.3, -0.25) is 4.98 Å². The third kappa shape index (κ3) is 3.53. The van der Waals surface area contributed by atoms with E-state index in [9.17, 15) is 4.79 Å². The molecule has 0 aliphatic heterocycles. The monoisotopic (exact) mass is 277 g/mol. The molecule has 7 heteroatoms. The molecule has 106 valence electrons. The van der Waals surface area contributed by atoms with Gasteiger partial charge in [0.2, 0.25) is 0 Å². The maximum absolute atomic E-state index is 11.0. The average molecular weight is 277 g/mol. The first-order chi connectivity index (χ1) is 9.70. The van der Waals surface area contributed by atoms with Crippen LogP contribution in [0, 0.1) is 0 Å². The van der Waals surface area contributed by atoms with Crippen LogP contribution in [-0.4, -0.2) is 26.2 Å². The molecule has 0 saturated heterocycles. The molecule has 2 aromatic heterocycles. The van der Waals surface area contributed by atoms with E-state index in [1.165, 1.54) is 18.5 Å². The number of nitrogens with zero attached hydrogens (tertiary/aromatic N) is 3. The van der Waals surface area contributed by atoms with E-state index in [2.05, 4.69) is 22.0 Å². The first-order valence-corrected chi connectivity index (χ1v) is 6.32. The molecule has 2 rings (SSSR count). The number of hydrogen-bond donors (Lipinski definition) is 1. The summed E-state index contributed by atoms with van der Waals surface area (Å²) in [5, 5.41) is 12.8. The van der Waals surface area contributed by atoms with Gasteiger partial charge in [-0.25, -0.2) is 4.79 Å². The van der Waals surface area contributed by atoms with Gasteiger partial charge in [0.15, 0.2) is 18.2 Å². The number of carboxylic acid groups (broad SMARTS) is 1. The highest BCUT2D eigenvalue weighted by Crippen LogP contribution is 2.17. The van der Waals surface area contributed by atoms with Crippen molar-refractivity contribution in [2.45, 2.75) is 32.8 Å². The maximum Gasteiger partial charge on any atom is 0.339 e. The highest BCUT2D eigenvalue weighted by Gasteiger charge is 2.13. The first-order valence-electron chi connectivity index (χ1n) is 6.32. The normalized spacial score (nSPS) is 10.4. The van der Waals surface area contributed by atoms with Crippen LogP contribution in [0.4, 0.5) is 0 Å². The van der Waals surface area contributed by atoms with E-state index in [1.54, 1.807) is 0 Å². The highest BCUT2D eigenvalue weighted by atomic mass is 16.5. The van der Waals surface area contributed by atoms with Crippen molar-refractivity contribution in [2.24, 2.45) is 0 Å². The van der Waals surface area contributed by atoms with Crippen molar-refractivity contribution in [1.29, 1.82) is 0 Å². The van der Waals surface area contributed by atoms with Gasteiger partial charge in [0, 0.05) is 12.6 Å². The number of ether oxygens (including phenoxy) is 1. The molecule has 0 unspecified atom stereocenters. The number of rotatable bonds is 7. The predicted octanol–water partition coefficient (Wildman–Crippen LogP) is 2.08. The Morgan fingerprint density at radius 3 is 3.10 bits per heavy atom. The Labute approximate surface area is 115 Å². The zero-order chi connectivity index (χ0) is 14.4. The molecule has 2 aromatic rings. The van der Waals surface area contributed by atoms with Gasteiger partial charge in [0.25, 0.3) is 5.89 Å². The van der Waals surface area contributed by atoms with E-state index in [-0.39, 0.29) is 17.9 Å². The number of aromatic carboxylic acids is 1. The fraction of sp³-hybridized carbons (Fsp3) is 0.385. The van der Waals surface area contributed by atoms with Crippen LogP contribution >= 0.6 is 0 Å². The average Bonchev–Trinajstić information content (AvgIpc) is 2.91. The van der Waals surface area contributed by atoms with Gasteiger partial charge in [0.05, 0.1) is 6.20 Å². The molecule has 7 nitrogen and oxygen atoms in total. The fourth-order valence-corrected chi connectivity index (χ4v) is 1.60. The summed E-state index contributed by atoms with van der Waals surface area (Å²) in [7, 11) is 0. The third-order valence-corrected chi connectivity index (χ3v) is 2.63. The lowest BCUT2D eigenvalue weighted by molar-refractivity contribution is 0.0690. The zero-order valence-corrected chi connectivity index (χ0v) is 11.1. The Balaban J connectivity index is 1.98. The number of carbonyl (C=O) groups is 1. The minimum Gasteiger partial charge on any atom is -0.481 e. The SMILES string of the molecule is CCCCc1noc(COc2cnccc2C(=O)O)n1. The Kier molecular flexibility index (Phi) is 4.65. The molecule has 1 N–H and O–H groups in total. The lowest BCUT2D eigenvalue weighted by Gasteiger charge is -2.05. The van der Waals surface area contributed by atoms with Crippen LogP contribution in [0.5, 0.6) is 5.75 Å². The van der Waals surface area contributed by atoms with Gasteiger partial charge in [-0.2, -0.15) is 4.98 Å².